The van der Waals surface area contributed by atoms with Crippen molar-refractivity contribution in [2.75, 3.05) is 7.11 Å². The zero-order valence-corrected chi connectivity index (χ0v) is 14.1. The molecule has 2 aromatic carbocycles. The highest BCUT2D eigenvalue weighted by Crippen LogP contribution is 2.42. The van der Waals surface area contributed by atoms with Crippen LogP contribution < -0.4 is 4.72 Å². The predicted octanol–water partition coefficient (Wildman–Crippen LogP) is 1.41. The van der Waals surface area contributed by atoms with Crippen LogP contribution in [0.2, 0.25) is 5.02 Å². The van der Waals surface area contributed by atoms with Gasteiger partial charge in [0.1, 0.15) is 5.60 Å². The molecular weight excluding hydrogens is 354 g/mol. The maximum absolute atomic E-state index is 12.5. The molecule has 3 rings (SSSR count). The molecule has 126 valence electrons. The zero-order valence-electron chi connectivity index (χ0n) is 12.6. The molecule has 24 heavy (non-hydrogen) atoms. The lowest BCUT2D eigenvalue weighted by Gasteiger charge is -2.40. The summed E-state index contributed by atoms with van der Waals surface area (Å²) in [5, 5.41) is 11.7. The van der Waals surface area contributed by atoms with E-state index in [1.54, 1.807) is 30.3 Å². The molecular formula is C16H14ClNO5S. The Balaban J connectivity index is 2.37. The molecule has 0 unspecified atom stereocenters. The Morgan fingerprint density at radius 3 is 2.54 bits per heavy atom. The second kappa shape index (κ2) is 5.86. The lowest BCUT2D eigenvalue weighted by molar-refractivity contribution is -0.149. The van der Waals surface area contributed by atoms with Crippen molar-refractivity contribution in [1.82, 2.24) is 4.72 Å². The van der Waals surface area contributed by atoms with Gasteiger partial charge in [-0.15, -0.1) is 0 Å². The van der Waals surface area contributed by atoms with Crippen molar-refractivity contribution in [3.05, 3.63) is 64.7 Å². The standard InChI is InChI=1S/C16H14ClNO5S/c1-23-15(19)14-16(20,10-5-3-2-4-6-10)12-9-11(17)7-8-13(12)24(21,22)18-14/h2-9,14,18,20H,1H3/t14-,16-/m1/s1. The van der Waals surface area contributed by atoms with Gasteiger partial charge >= 0.3 is 5.97 Å². The van der Waals surface area contributed by atoms with Crippen LogP contribution in [-0.4, -0.2) is 32.6 Å². The SMILES string of the molecule is COC(=O)[C@H]1NS(=O)(=O)c2ccc(Cl)cc2[C@]1(O)c1ccccc1. The Bertz CT molecular complexity index is 900. The first-order chi connectivity index (χ1) is 11.3. The van der Waals surface area contributed by atoms with Crippen molar-refractivity contribution in [2.24, 2.45) is 0 Å². The first-order valence-corrected chi connectivity index (χ1v) is 8.85. The number of nitrogens with one attached hydrogen (secondary N) is 1. The maximum Gasteiger partial charge on any atom is 0.327 e. The second-order valence-electron chi connectivity index (χ2n) is 5.35. The molecule has 2 N–H and O–H groups in total. The monoisotopic (exact) mass is 367 g/mol. The fourth-order valence-electron chi connectivity index (χ4n) is 2.84. The van der Waals surface area contributed by atoms with Crippen LogP contribution in [0.1, 0.15) is 11.1 Å². The molecule has 0 amide bonds. The number of carbonyl (C=O) groups is 1. The summed E-state index contributed by atoms with van der Waals surface area (Å²) in [5.41, 5.74) is -1.60. The molecule has 0 bridgehead atoms. The van der Waals surface area contributed by atoms with E-state index in [9.17, 15) is 18.3 Å². The zero-order chi connectivity index (χ0) is 17.5. The third-order valence-corrected chi connectivity index (χ3v) is 5.70. The highest BCUT2D eigenvalue weighted by Gasteiger charge is 2.53. The molecule has 0 fully saturated rings. The average Bonchev–Trinajstić information content (AvgIpc) is 2.58. The van der Waals surface area contributed by atoms with E-state index in [1.165, 1.54) is 18.2 Å². The maximum atomic E-state index is 12.5. The van der Waals surface area contributed by atoms with Gasteiger partial charge in [-0.3, -0.25) is 4.79 Å². The van der Waals surface area contributed by atoms with Crippen molar-refractivity contribution in [3.63, 3.8) is 0 Å². The van der Waals surface area contributed by atoms with Gasteiger partial charge in [0.05, 0.1) is 12.0 Å². The second-order valence-corrected chi connectivity index (χ2v) is 7.47. The Kier molecular flexibility index (Phi) is 4.13. The molecule has 2 aromatic rings. The van der Waals surface area contributed by atoms with Gasteiger partial charge in [0.2, 0.25) is 10.0 Å². The summed E-state index contributed by atoms with van der Waals surface area (Å²) >= 11 is 6.00. The molecule has 0 radical (unpaired) electrons. The van der Waals surface area contributed by atoms with Crippen molar-refractivity contribution in [3.8, 4) is 0 Å². The van der Waals surface area contributed by atoms with E-state index in [-0.39, 0.29) is 15.5 Å². The minimum Gasteiger partial charge on any atom is -0.468 e. The highest BCUT2D eigenvalue weighted by atomic mass is 35.5. The van der Waals surface area contributed by atoms with E-state index in [0.717, 1.165) is 7.11 Å². The first-order valence-electron chi connectivity index (χ1n) is 6.99. The van der Waals surface area contributed by atoms with Crippen LogP contribution in [0.15, 0.2) is 53.4 Å². The fourth-order valence-corrected chi connectivity index (χ4v) is 4.47. The Morgan fingerprint density at radius 1 is 1.25 bits per heavy atom. The number of ether oxygens (including phenoxy) is 1. The van der Waals surface area contributed by atoms with Gasteiger partial charge in [0.25, 0.3) is 0 Å². The Labute approximate surface area is 144 Å². The van der Waals surface area contributed by atoms with Crippen molar-refractivity contribution >= 4 is 27.6 Å². The molecule has 0 aliphatic carbocycles. The summed E-state index contributed by atoms with van der Waals surface area (Å²) in [6.07, 6.45) is 0. The summed E-state index contributed by atoms with van der Waals surface area (Å²) < 4.78 is 31.8. The molecule has 1 aliphatic heterocycles. The molecule has 8 heteroatoms. The molecule has 1 heterocycles. The Morgan fingerprint density at radius 2 is 1.92 bits per heavy atom. The number of methoxy groups -OCH3 is 1. The van der Waals surface area contributed by atoms with E-state index in [1.807, 2.05) is 0 Å². The number of halogens is 1. The predicted molar refractivity (Wildman–Crippen MR) is 87.0 cm³/mol. The van der Waals surface area contributed by atoms with Gasteiger partial charge in [-0.25, -0.2) is 8.42 Å². The van der Waals surface area contributed by atoms with Gasteiger partial charge in [-0.1, -0.05) is 41.9 Å². The van der Waals surface area contributed by atoms with Crippen LogP contribution in [0.25, 0.3) is 0 Å². The van der Waals surface area contributed by atoms with Gasteiger partial charge in [-0.05, 0) is 23.8 Å². The Hall–Kier alpha value is -1.93. The minimum absolute atomic E-state index is 0.0235. The number of esters is 1. The van der Waals surface area contributed by atoms with Gasteiger partial charge in [0.15, 0.2) is 6.04 Å². The largest absolute Gasteiger partial charge is 0.468 e. The average molecular weight is 368 g/mol. The summed E-state index contributed by atoms with van der Waals surface area (Å²) in [7, 11) is -2.89. The molecule has 0 saturated heterocycles. The number of carbonyl (C=O) groups excluding carboxylic acids is 1. The lowest BCUT2D eigenvalue weighted by atomic mass is 9.80. The highest BCUT2D eigenvalue weighted by molar-refractivity contribution is 7.89. The van der Waals surface area contributed by atoms with Crippen LogP contribution >= 0.6 is 11.6 Å². The number of rotatable bonds is 2. The third-order valence-electron chi connectivity index (χ3n) is 3.98. The van der Waals surface area contributed by atoms with Gasteiger partial charge in [0, 0.05) is 10.6 Å². The quantitative estimate of drug-likeness (QED) is 0.783. The summed E-state index contributed by atoms with van der Waals surface area (Å²) in [4.78, 5) is 12.1. The van der Waals surface area contributed by atoms with Crippen molar-refractivity contribution in [1.29, 1.82) is 0 Å². The van der Waals surface area contributed by atoms with Crippen LogP contribution in [0.3, 0.4) is 0 Å². The third kappa shape index (κ3) is 2.50. The number of fused-ring (bicyclic) bond motifs is 1. The fraction of sp³-hybridized carbons (Fsp3) is 0.188. The number of benzene rings is 2. The normalized spacial score (nSPS) is 24.9. The summed E-state index contributed by atoms with van der Waals surface area (Å²) in [5.74, 6) is -0.907. The number of hydrogen-bond donors (Lipinski definition) is 2. The van der Waals surface area contributed by atoms with E-state index in [0.29, 0.717) is 5.56 Å². The first kappa shape index (κ1) is 16.9. The summed E-state index contributed by atoms with van der Waals surface area (Å²) in [6, 6.07) is 10.8. The van der Waals surface area contributed by atoms with E-state index in [4.69, 9.17) is 11.6 Å². The summed E-state index contributed by atoms with van der Waals surface area (Å²) in [6.45, 7) is 0. The van der Waals surface area contributed by atoms with Gasteiger partial charge < -0.3 is 9.84 Å². The number of hydrogen-bond acceptors (Lipinski definition) is 5. The van der Waals surface area contributed by atoms with Crippen LogP contribution in [0.5, 0.6) is 0 Å². The molecule has 2 atom stereocenters. The number of sulfonamides is 1. The molecule has 0 saturated carbocycles. The van der Waals surface area contributed by atoms with Crippen LogP contribution in [0.4, 0.5) is 0 Å². The topological polar surface area (TPSA) is 92.7 Å². The van der Waals surface area contributed by atoms with Crippen molar-refractivity contribution < 1.29 is 23.1 Å². The van der Waals surface area contributed by atoms with E-state index < -0.39 is 27.6 Å². The molecule has 0 spiro atoms. The smallest absolute Gasteiger partial charge is 0.327 e. The van der Waals surface area contributed by atoms with Crippen molar-refractivity contribution in [2.45, 2.75) is 16.5 Å². The molecule has 0 aromatic heterocycles. The van der Waals surface area contributed by atoms with E-state index in [2.05, 4.69) is 9.46 Å². The lowest BCUT2D eigenvalue weighted by Crippen LogP contribution is -2.59. The molecule has 1 aliphatic rings. The number of aliphatic hydroxyl groups is 1. The minimum atomic E-state index is -4.01. The van der Waals surface area contributed by atoms with Gasteiger partial charge in [-0.2, -0.15) is 4.72 Å². The molecule has 6 nitrogen and oxygen atoms in total. The van der Waals surface area contributed by atoms with Crippen LogP contribution in [0, 0.1) is 0 Å². The van der Waals surface area contributed by atoms with Crippen LogP contribution in [-0.2, 0) is 25.2 Å². The van der Waals surface area contributed by atoms with E-state index >= 15 is 0 Å².